The summed E-state index contributed by atoms with van der Waals surface area (Å²) >= 11 is 3.61. The Morgan fingerprint density at radius 2 is 0.973 bits per heavy atom. The number of hydrogen-bond acceptors (Lipinski definition) is 19. The Morgan fingerprint density at radius 1 is 0.425 bits per heavy atom. The van der Waals surface area contributed by atoms with Gasteiger partial charge >= 0.3 is 0 Å². The molecule has 5 N–H and O–H groups in total. The number of nitrogens with zero attached hydrogens (tertiary/aromatic N) is 11. The maximum absolute atomic E-state index is 11.4. The molecular formula is C92H162N16O3S2. The number of carbonyl (C=O) groups is 1. The number of aromatic amines is 2. The van der Waals surface area contributed by atoms with Crippen molar-refractivity contribution >= 4 is 40.1 Å². The number of ketones is 1. The lowest BCUT2D eigenvalue weighted by atomic mass is 9.98. The van der Waals surface area contributed by atoms with Gasteiger partial charge in [-0.2, -0.15) is 5.10 Å². The van der Waals surface area contributed by atoms with E-state index in [9.17, 15) is 4.79 Å². The van der Waals surface area contributed by atoms with Crippen LogP contribution >= 0.6 is 22.7 Å². The van der Waals surface area contributed by atoms with Crippen LogP contribution in [0.2, 0.25) is 0 Å². The summed E-state index contributed by atoms with van der Waals surface area (Å²) in [5, 5.41) is 21.9. The molecule has 0 saturated heterocycles. The molecule has 10 heterocycles. The van der Waals surface area contributed by atoms with Crippen LogP contribution in [-0.4, -0.2) is 104 Å². The number of hydrogen-bond donors (Lipinski definition) is 5. The molecule has 0 fully saturated rings. The van der Waals surface area contributed by atoms with Gasteiger partial charge in [0.2, 0.25) is 0 Å². The standard InChI is InChI=1S/C10H20N2.C10H16N2.C10H17NO.C9H18N2.C9H16N2.2C9H15NO.2C9H15NS.C8H15N3/c2*1-7(2)9-5-6-11-10(12-9)8(3)4;1-6(2)8-5-9(12)10(11-8)7(3)4;2*1-6(2)8-5-10-9(11-8)7(3)4;1-6(2)8-5-11-9(10-8)7(3)4;1-6(2)8-5-10-9(11-8)7(3)4;1-6(2)8-5-11-9(10-8)7(3)4;1-6(2)8-5-10-9(11-8)7(3)4;1-5(2)7-9-8(6(3)4)11-10-7/h7-9H,5-6H2,1-4H3,(H,11,12);5-8H,1-4H3;5-7,10-11H,1-4H3;6-8H,5H2,1-4H3,(H,10,11);5-7H,1-4H3,(H,10,11);4*5-7H,1-4H3;5-6H,1-4H3,(H,9,10,11). The zero-order valence-electron chi connectivity index (χ0n) is 78.5. The molecule has 21 heteroatoms. The van der Waals surface area contributed by atoms with E-state index in [2.05, 4.69) is 363 Å². The van der Waals surface area contributed by atoms with Crippen molar-refractivity contribution in [1.82, 2.24) is 71.0 Å². The maximum Gasteiger partial charge on any atom is 0.196 e. The highest BCUT2D eigenvalue weighted by atomic mass is 32.1. The minimum Gasteiger partial charge on any atom is -0.448 e. The van der Waals surface area contributed by atoms with Gasteiger partial charge in [-0.05, 0) is 65.7 Å². The SMILES string of the molecule is CC(C)C1=CC(=O)C(C(C)C)N1.CC(C)C1=NCC(C(C)C)N1.CC(C)C1=NCCC(C(C)C)N1.CC(C)c1ccnc(C(C)C)n1.CC(C)c1cnc(C(C)C)[nH]1.CC(C)c1cnc(C(C)C)o1.CC(C)c1cnc(C(C)C)s1.CC(C)c1coc(C(C)C)n1.CC(C)c1csc(C(C)C)n1.CC(C)c1n[nH]c(C(C)C)n1. The first-order chi connectivity index (χ1) is 52.5. The van der Waals surface area contributed by atoms with Crippen LogP contribution in [0, 0.1) is 35.5 Å². The molecule has 7 aromatic heterocycles. The Labute approximate surface area is 696 Å². The molecule has 0 aliphatic carbocycles. The topological polar surface area (TPSA) is 252 Å². The molecule has 19 nitrogen and oxygen atoms in total. The Hall–Kier alpha value is -6.74. The lowest BCUT2D eigenvalue weighted by Gasteiger charge is -2.29. The summed E-state index contributed by atoms with van der Waals surface area (Å²) in [4.78, 5) is 59.7. The van der Waals surface area contributed by atoms with E-state index in [1.807, 2.05) is 42.2 Å². The van der Waals surface area contributed by atoms with E-state index in [4.69, 9.17) is 8.83 Å². The van der Waals surface area contributed by atoms with Gasteiger partial charge in [0.1, 0.15) is 29.5 Å². The van der Waals surface area contributed by atoms with Crippen LogP contribution in [-0.2, 0) is 4.79 Å². The van der Waals surface area contributed by atoms with E-state index in [0.717, 1.165) is 71.0 Å². The summed E-state index contributed by atoms with van der Waals surface area (Å²) in [7, 11) is 0. The van der Waals surface area contributed by atoms with Crippen molar-refractivity contribution in [2.24, 2.45) is 45.5 Å². The predicted molar refractivity (Wildman–Crippen MR) is 484 cm³/mol. The number of nitrogens with one attached hydrogen (secondary N) is 5. The first-order valence-corrected chi connectivity index (χ1v) is 44.5. The highest BCUT2D eigenvalue weighted by molar-refractivity contribution is 7.11. The van der Waals surface area contributed by atoms with E-state index in [1.54, 1.807) is 23.7 Å². The number of rotatable bonds is 20. The highest BCUT2D eigenvalue weighted by Gasteiger charge is 2.28. The molecule has 3 unspecified atom stereocenters. The summed E-state index contributed by atoms with van der Waals surface area (Å²) < 4.78 is 10.8. The maximum atomic E-state index is 11.4. The molecule has 3 aliphatic rings. The fourth-order valence-electron chi connectivity index (χ4n) is 10.1. The summed E-state index contributed by atoms with van der Waals surface area (Å²) in [5.41, 5.74) is 5.73. The zero-order chi connectivity index (χ0) is 86.6. The summed E-state index contributed by atoms with van der Waals surface area (Å²) in [6.07, 6.45) is 12.3. The van der Waals surface area contributed by atoms with Crippen molar-refractivity contribution in [3.8, 4) is 0 Å². The minimum absolute atomic E-state index is 0.0161. The lowest BCUT2D eigenvalue weighted by molar-refractivity contribution is -0.116. The van der Waals surface area contributed by atoms with E-state index in [-0.39, 0.29) is 11.8 Å². The van der Waals surface area contributed by atoms with Crippen LogP contribution in [0.1, 0.15) is 445 Å². The molecule has 10 rings (SSSR count). The Morgan fingerprint density at radius 3 is 1.29 bits per heavy atom. The summed E-state index contributed by atoms with van der Waals surface area (Å²) in [5.74, 6) is 19.4. The van der Waals surface area contributed by atoms with Gasteiger partial charge in [0.15, 0.2) is 23.4 Å². The second-order valence-corrected chi connectivity index (χ2v) is 38.3. The number of H-pyrrole nitrogens is 2. The van der Waals surface area contributed by atoms with Gasteiger partial charge in [-0.1, -0.05) is 277 Å². The van der Waals surface area contributed by atoms with Crippen LogP contribution in [0.3, 0.4) is 0 Å². The largest absolute Gasteiger partial charge is 0.448 e. The molecule has 0 spiro atoms. The van der Waals surface area contributed by atoms with Gasteiger partial charge in [-0.3, -0.25) is 19.9 Å². The van der Waals surface area contributed by atoms with E-state index in [1.165, 1.54) is 44.4 Å². The van der Waals surface area contributed by atoms with E-state index in [0.29, 0.717) is 130 Å². The van der Waals surface area contributed by atoms with Gasteiger partial charge in [-0.25, -0.2) is 39.9 Å². The Kier molecular flexibility index (Phi) is 48.7. The van der Waals surface area contributed by atoms with Crippen LogP contribution < -0.4 is 16.0 Å². The highest BCUT2D eigenvalue weighted by Crippen LogP contribution is 2.28. The second-order valence-electron chi connectivity index (χ2n) is 36.3. The molecule has 0 radical (unpaired) electrons. The number of aromatic nitrogens is 11. The van der Waals surface area contributed by atoms with Crippen molar-refractivity contribution in [3.63, 3.8) is 0 Å². The fourth-order valence-corrected chi connectivity index (χ4v) is 12.0. The van der Waals surface area contributed by atoms with Gasteiger partial charge < -0.3 is 29.8 Å². The summed E-state index contributed by atoms with van der Waals surface area (Å²) in [6.45, 7) is 87.8. The number of carbonyl (C=O) groups excluding carboxylic acids is 1. The quantitative estimate of drug-likeness (QED) is 0.0476. The van der Waals surface area contributed by atoms with Crippen LogP contribution in [0.15, 0.2) is 73.1 Å². The number of oxazole rings is 2. The van der Waals surface area contributed by atoms with Crippen molar-refractivity contribution in [3.05, 3.63) is 133 Å². The lowest BCUT2D eigenvalue weighted by Crippen LogP contribution is -2.44. The van der Waals surface area contributed by atoms with Gasteiger partial charge in [0.05, 0.1) is 51.9 Å². The van der Waals surface area contributed by atoms with Crippen molar-refractivity contribution in [2.45, 2.75) is 384 Å². The normalized spacial score (nSPS) is 15.3. The molecule has 3 atom stereocenters. The molecular weight excluding hydrogens is 1440 g/mol. The van der Waals surface area contributed by atoms with Crippen LogP contribution in [0.5, 0.6) is 0 Å². The van der Waals surface area contributed by atoms with Crippen molar-refractivity contribution in [1.29, 1.82) is 0 Å². The number of amidine groups is 2. The van der Waals surface area contributed by atoms with E-state index < -0.39 is 0 Å². The fraction of sp³-hybridized carbons (Fsp3) is 0.717. The Balaban J connectivity index is 0.000000628. The average Bonchev–Trinajstić information content (AvgIpc) is 1.91. The third kappa shape index (κ3) is 39.6. The second kappa shape index (κ2) is 52.8. The number of aliphatic imine (C=N–C) groups is 2. The minimum atomic E-state index is 0.0161. The first-order valence-electron chi connectivity index (χ1n) is 42.8. The molecule has 0 aromatic carbocycles. The number of allylic oxidation sites excluding steroid dienone is 1. The Bertz CT molecular complexity index is 3210. The van der Waals surface area contributed by atoms with Gasteiger partial charge in [0.25, 0.3) is 0 Å². The molecule has 640 valence electrons. The molecule has 3 aliphatic heterocycles. The third-order valence-corrected chi connectivity index (χ3v) is 21.2. The van der Waals surface area contributed by atoms with Crippen LogP contribution in [0.25, 0.3) is 0 Å². The zero-order valence-corrected chi connectivity index (χ0v) is 80.1. The predicted octanol–water partition coefficient (Wildman–Crippen LogP) is 25.5. The molecule has 0 amide bonds. The first kappa shape index (κ1) is 104. The van der Waals surface area contributed by atoms with Crippen LogP contribution in [0.4, 0.5) is 0 Å². The molecule has 0 bridgehead atoms. The van der Waals surface area contributed by atoms with Gasteiger partial charge in [-0.15, -0.1) is 22.7 Å². The van der Waals surface area contributed by atoms with Crippen molar-refractivity contribution in [2.75, 3.05) is 13.1 Å². The average molecular weight is 1600 g/mol. The number of imidazole rings is 1. The van der Waals surface area contributed by atoms with Gasteiger partial charge in [0, 0.05) is 136 Å². The number of thiazole rings is 2. The van der Waals surface area contributed by atoms with Crippen molar-refractivity contribution < 1.29 is 13.6 Å². The smallest absolute Gasteiger partial charge is 0.196 e. The third-order valence-electron chi connectivity index (χ3n) is 18.4. The molecule has 0 saturated carbocycles. The van der Waals surface area contributed by atoms with E-state index >= 15 is 0 Å². The monoisotopic (exact) mass is 1600 g/mol. The molecule has 113 heavy (non-hydrogen) atoms. The molecule has 7 aromatic rings. The summed E-state index contributed by atoms with van der Waals surface area (Å²) in [6, 6.07) is 3.21.